The van der Waals surface area contributed by atoms with E-state index in [1.807, 2.05) is 12.1 Å². The van der Waals surface area contributed by atoms with E-state index in [0.29, 0.717) is 18.2 Å². The van der Waals surface area contributed by atoms with Gasteiger partial charge in [-0.25, -0.2) is 13.1 Å². The van der Waals surface area contributed by atoms with E-state index in [1.165, 1.54) is 39.0 Å². The van der Waals surface area contributed by atoms with E-state index in [2.05, 4.69) is 17.0 Å². The number of sulfonamides is 1. The second kappa shape index (κ2) is 10.2. The molecule has 7 heteroatoms. The highest BCUT2D eigenvalue weighted by Gasteiger charge is 2.21. The number of nitrogens with one attached hydrogen (secondary N) is 2. The maximum atomic E-state index is 12.3. The van der Waals surface area contributed by atoms with Crippen LogP contribution < -0.4 is 10.0 Å². The Labute approximate surface area is 162 Å². The van der Waals surface area contributed by atoms with Crippen LogP contribution in [0.3, 0.4) is 0 Å². The van der Waals surface area contributed by atoms with Crippen LogP contribution in [0.4, 0.5) is 0 Å². The summed E-state index contributed by atoms with van der Waals surface area (Å²) in [7, 11) is -3.72. The summed E-state index contributed by atoms with van der Waals surface area (Å²) in [6, 6.07) is 6.64. The molecule has 0 bridgehead atoms. The molecule has 1 aromatic carbocycles. The van der Waals surface area contributed by atoms with E-state index in [-0.39, 0.29) is 5.75 Å². The highest BCUT2D eigenvalue weighted by molar-refractivity contribution is 7.88. The monoisotopic (exact) mass is 396 g/mol. The van der Waals surface area contributed by atoms with Crippen LogP contribution in [-0.4, -0.2) is 31.6 Å². The molecule has 0 heterocycles. The van der Waals surface area contributed by atoms with Crippen molar-refractivity contribution in [3.8, 4) is 0 Å². The van der Waals surface area contributed by atoms with Gasteiger partial charge in [0, 0.05) is 12.6 Å². The lowest BCUT2D eigenvalue weighted by atomic mass is 9.85. The number of hydrogen-bond acceptors (Lipinski definition) is 4. The second-order valence-corrected chi connectivity index (χ2v) is 9.48. The Kier molecular flexibility index (Phi) is 8.26. The lowest BCUT2D eigenvalue weighted by Crippen LogP contribution is -2.39. The van der Waals surface area contributed by atoms with Gasteiger partial charge in [-0.15, -0.1) is 0 Å². The van der Waals surface area contributed by atoms with E-state index < -0.39 is 22.0 Å². The minimum Gasteiger partial charge on any atom is -0.480 e. The number of hydrogen-bond donors (Lipinski definition) is 3. The summed E-state index contributed by atoms with van der Waals surface area (Å²) in [5.41, 5.74) is 1.63. The van der Waals surface area contributed by atoms with Gasteiger partial charge in [0.15, 0.2) is 0 Å². The summed E-state index contributed by atoms with van der Waals surface area (Å²) in [6.07, 6.45) is 7.80. The third-order valence-corrected chi connectivity index (χ3v) is 6.65. The molecule has 0 saturated heterocycles. The Hall–Kier alpha value is -1.44. The number of aliphatic carboxylic acids is 1. The summed E-state index contributed by atoms with van der Waals surface area (Å²) in [5, 5.41) is 12.4. The topological polar surface area (TPSA) is 95.5 Å². The van der Waals surface area contributed by atoms with Crippen molar-refractivity contribution in [3.63, 3.8) is 0 Å². The molecule has 152 valence electrons. The van der Waals surface area contributed by atoms with Crippen LogP contribution >= 0.6 is 0 Å². The summed E-state index contributed by atoms with van der Waals surface area (Å²) in [6.45, 7) is 4.11. The Balaban J connectivity index is 1.93. The van der Waals surface area contributed by atoms with E-state index >= 15 is 0 Å². The molecule has 1 aliphatic rings. The molecule has 0 amide bonds. The SMILES string of the molecule is CC(CC1CCCCC1)NCc1ccccc1CS(=O)(=O)N[C@@H](C)C(=O)O. The fourth-order valence-corrected chi connectivity index (χ4v) is 5.14. The van der Waals surface area contributed by atoms with Crippen LogP contribution in [0.1, 0.15) is 63.5 Å². The molecular weight excluding hydrogens is 364 g/mol. The smallest absolute Gasteiger partial charge is 0.321 e. The van der Waals surface area contributed by atoms with Gasteiger partial charge in [0.2, 0.25) is 10.0 Å². The van der Waals surface area contributed by atoms with Crippen LogP contribution in [0.5, 0.6) is 0 Å². The van der Waals surface area contributed by atoms with E-state index in [4.69, 9.17) is 5.11 Å². The molecule has 2 atom stereocenters. The third kappa shape index (κ3) is 7.60. The van der Waals surface area contributed by atoms with Crippen LogP contribution in [0.2, 0.25) is 0 Å². The van der Waals surface area contributed by atoms with Crippen molar-refractivity contribution in [2.45, 2.75) is 76.8 Å². The maximum Gasteiger partial charge on any atom is 0.321 e. The second-order valence-electron chi connectivity index (χ2n) is 7.73. The normalized spacial score (nSPS) is 18.1. The predicted octanol–water partition coefficient (Wildman–Crippen LogP) is 3.03. The molecule has 1 fully saturated rings. The molecule has 0 aromatic heterocycles. The van der Waals surface area contributed by atoms with Gasteiger partial charge in [0.1, 0.15) is 6.04 Å². The number of benzene rings is 1. The molecule has 6 nitrogen and oxygen atoms in total. The van der Waals surface area contributed by atoms with Crippen LogP contribution in [0.15, 0.2) is 24.3 Å². The first-order chi connectivity index (χ1) is 12.8. The summed E-state index contributed by atoms with van der Waals surface area (Å²) in [4.78, 5) is 10.9. The lowest BCUT2D eigenvalue weighted by molar-refractivity contribution is -0.138. The molecule has 1 saturated carbocycles. The van der Waals surface area contributed by atoms with Crippen LogP contribution in [0, 0.1) is 5.92 Å². The number of rotatable bonds is 10. The van der Waals surface area contributed by atoms with Gasteiger partial charge >= 0.3 is 5.97 Å². The zero-order valence-corrected chi connectivity index (χ0v) is 17.1. The first kappa shape index (κ1) is 21.9. The molecule has 0 spiro atoms. The molecule has 0 radical (unpaired) electrons. The average molecular weight is 397 g/mol. The molecule has 2 rings (SSSR count). The fraction of sp³-hybridized carbons (Fsp3) is 0.650. The Morgan fingerprint density at radius 3 is 2.41 bits per heavy atom. The van der Waals surface area contributed by atoms with Crippen molar-refractivity contribution in [2.75, 3.05) is 0 Å². The first-order valence-electron chi connectivity index (χ1n) is 9.80. The summed E-state index contributed by atoms with van der Waals surface area (Å²) in [5.74, 6) is -0.622. The minimum absolute atomic E-state index is 0.223. The van der Waals surface area contributed by atoms with E-state index in [0.717, 1.165) is 17.9 Å². The van der Waals surface area contributed by atoms with Crippen molar-refractivity contribution in [3.05, 3.63) is 35.4 Å². The zero-order chi connectivity index (χ0) is 19.9. The third-order valence-electron chi connectivity index (χ3n) is 5.24. The van der Waals surface area contributed by atoms with Gasteiger partial charge in [-0.2, -0.15) is 0 Å². The van der Waals surface area contributed by atoms with Gasteiger partial charge in [0.05, 0.1) is 5.75 Å². The fourth-order valence-electron chi connectivity index (χ4n) is 3.73. The van der Waals surface area contributed by atoms with Crippen molar-refractivity contribution in [1.82, 2.24) is 10.0 Å². The van der Waals surface area contributed by atoms with Crippen molar-refractivity contribution in [1.29, 1.82) is 0 Å². The van der Waals surface area contributed by atoms with Gasteiger partial charge in [-0.1, -0.05) is 56.4 Å². The predicted molar refractivity (Wildman–Crippen MR) is 107 cm³/mol. The molecule has 27 heavy (non-hydrogen) atoms. The molecular formula is C20H32N2O4S. The van der Waals surface area contributed by atoms with Gasteiger partial charge in [-0.05, 0) is 37.3 Å². The standard InChI is InChI=1S/C20H32N2O4S/c1-15(12-17-8-4-3-5-9-17)21-13-18-10-6-7-11-19(18)14-27(25,26)22-16(2)20(23)24/h6-7,10-11,15-17,21-22H,3-5,8-9,12-14H2,1-2H3,(H,23,24)/t15?,16-/m0/s1. The van der Waals surface area contributed by atoms with Crippen molar-refractivity contribution in [2.24, 2.45) is 5.92 Å². The minimum atomic E-state index is -3.72. The van der Waals surface area contributed by atoms with Gasteiger partial charge in [0.25, 0.3) is 0 Å². The van der Waals surface area contributed by atoms with Gasteiger partial charge in [-0.3, -0.25) is 4.79 Å². The lowest BCUT2D eigenvalue weighted by Gasteiger charge is -2.25. The summed E-state index contributed by atoms with van der Waals surface area (Å²) < 4.78 is 26.7. The molecule has 0 aliphatic heterocycles. The zero-order valence-electron chi connectivity index (χ0n) is 16.3. The molecule has 3 N–H and O–H groups in total. The molecule has 1 aliphatic carbocycles. The largest absolute Gasteiger partial charge is 0.480 e. The molecule has 1 aromatic rings. The quantitative estimate of drug-likeness (QED) is 0.565. The van der Waals surface area contributed by atoms with Crippen LogP contribution in [-0.2, 0) is 27.1 Å². The van der Waals surface area contributed by atoms with Crippen molar-refractivity contribution < 1.29 is 18.3 Å². The Bertz CT molecular complexity index is 714. The summed E-state index contributed by atoms with van der Waals surface area (Å²) >= 11 is 0. The maximum absolute atomic E-state index is 12.3. The number of carboxylic acids is 1. The number of carbonyl (C=O) groups is 1. The average Bonchev–Trinajstić information content (AvgIpc) is 2.61. The van der Waals surface area contributed by atoms with Gasteiger partial charge < -0.3 is 10.4 Å². The van der Waals surface area contributed by atoms with Crippen LogP contribution in [0.25, 0.3) is 0 Å². The Morgan fingerprint density at radius 1 is 1.15 bits per heavy atom. The number of carboxylic acid groups (broad SMARTS) is 1. The van der Waals surface area contributed by atoms with E-state index in [9.17, 15) is 13.2 Å². The van der Waals surface area contributed by atoms with E-state index in [1.54, 1.807) is 12.1 Å². The van der Waals surface area contributed by atoms with Crippen molar-refractivity contribution >= 4 is 16.0 Å². The highest BCUT2D eigenvalue weighted by atomic mass is 32.2. The Morgan fingerprint density at radius 2 is 1.78 bits per heavy atom. The first-order valence-corrected chi connectivity index (χ1v) is 11.4. The molecule has 1 unspecified atom stereocenters. The highest BCUT2D eigenvalue weighted by Crippen LogP contribution is 2.27.